The molecule has 2 aliphatic carbocycles. The van der Waals surface area contributed by atoms with E-state index in [-0.39, 0.29) is 0 Å². The van der Waals surface area contributed by atoms with Crippen LogP contribution in [0.3, 0.4) is 0 Å². The van der Waals surface area contributed by atoms with Gasteiger partial charge in [-0.25, -0.2) is 0 Å². The summed E-state index contributed by atoms with van der Waals surface area (Å²) in [5, 5.41) is 8.16. The largest absolute Gasteiger partial charge is 0.309 e. The molecule has 2 aliphatic rings. The van der Waals surface area contributed by atoms with Crippen LogP contribution in [0, 0.1) is 0 Å². The van der Waals surface area contributed by atoms with Gasteiger partial charge in [0.05, 0.1) is 6.20 Å². The number of fused-ring (bicyclic) bond motifs is 1. The van der Waals surface area contributed by atoms with E-state index in [1.54, 1.807) is 0 Å². The van der Waals surface area contributed by atoms with E-state index in [9.17, 15) is 0 Å². The molecular formula is C15H26N4. The second-order valence-electron chi connectivity index (χ2n) is 5.93. The Hall–Kier alpha value is -0.870. The summed E-state index contributed by atoms with van der Waals surface area (Å²) < 4.78 is 2.05. The van der Waals surface area contributed by atoms with Crippen molar-refractivity contribution in [1.82, 2.24) is 20.0 Å². The molecule has 1 fully saturated rings. The highest BCUT2D eigenvalue weighted by molar-refractivity contribution is 5.24. The molecular weight excluding hydrogens is 236 g/mol. The fourth-order valence-corrected chi connectivity index (χ4v) is 3.34. The molecule has 1 aromatic heterocycles. The van der Waals surface area contributed by atoms with E-state index in [0.29, 0.717) is 6.04 Å². The second-order valence-corrected chi connectivity index (χ2v) is 5.93. The van der Waals surface area contributed by atoms with Gasteiger partial charge in [0.1, 0.15) is 0 Å². The predicted molar refractivity (Wildman–Crippen MR) is 77.2 cm³/mol. The molecule has 0 saturated heterocycles. The summed E-state index contributed by atoms with van der Waals surface area (Å²) in [7, 11) is 2.06. The summed E-state index contributed by atoms with van der Waals surface area (Å²) in [4.78, 5) is 2.61. The molecule has 0 spiro atoms. The lowest BCUT2D eigenvalue weighted by Gasteiger charge is -2.26. The van der Waals surface area contributed by atoms with Gasteiger partial charge in [0.2, 0.25) is 0 Å². The summed E-state index contributed by atoms with van der Waals surface area (Å²) in [6.45, 7) is 5.75. The van der Waals surface area contributed by atoms with E-state index >= 15 is 0 Å². The van der Waals surface area contributed by atoms with Gasteiger partial charge in [-0.1, -0.05) is 6.92 Å². The minimum atomic E-state index is 0.523. The molecule has 106 valence electrons. The summed E-state index contributed by atoms with van der Waals surface area (Å²) in [6.07, 6.45) is 8.60. The van der Waals surface area contributed by atoms with Crippen molar-refractivity contribution in [2.24, 2.45) is 7.05 Å². The first-order valence-corrected chi connectivity index (χ1v) is 7.77. The van der Waals surface area contributed by atoms with Crippen molar-refractivity contribution < 1.29 is 0 Å². The first-order valence-electron chi connectivity index (χ1n) is 7.77. The molecule has 0 aromatic carbocycles. The average molecular weight is 262 g/mol. The fraction of sp³-hybridized carbons (Fsp3) is 0.800. The summed E-state index contributed by atoms with van der Waals surface area (Å²) in [5.74, 6) is 0. The number of hydrogen-bond acceptors (Lipinski definition) is 3. The normalized spacial score (nSPS) is 22.8. The van der Waals surface area contributed by atoms with E-state index in [0.717, 1.165) is 12.6 Å². The maximum atomic E-state index is 4.41. The molecule has 3 rings (SSSR count). The van der Waals surface area contributed by atoms with E-state index in [1.165, 1.54) is 56.5 Å². The Balaban J connectivity index is 1.53. The number of rotatable bonds is 6. The number of nitrogens with one attached hydrogen (secondary N) is 1. The lowest BCUT2D eigenvalue weighted by molar-refractivity contribution is 0.269. The highest BCUT2D eigenvalue weighted by Crippen LogP contribution is 2.29. The maximum absolute atomic E-state index is 4.41. The van der Waals surface area contributed by atoms with Crippen LogP contribution >= 0.6 is 0 Å². The third-order valence-electron chi connectivity index (χ3n) is 4.63. The number of likely N-dealkylation sites (N-methyl/N-ethyl adjacent to an activating group) is 1. The Kier molecular flexibility index (Phi) is 3.89. The lowest BCUT2D eigenvalue weighted by Crippen LogP contribution is -2.36. The van der Waals surface area contributed by atoms with E-state index in [2.05, 4.69) is 35.5 Å². The molecule has 4 nitrogen and oxygen atoms in total. The zero-order chi connectivity index (χ0) is 13.2. The molecule has 1 atom stereocenters. The maximum Gasteiger partial charge on any atom is 0.0540 e. The van der Waals surface area contributed by atoms with Gasteiger partial charge in [-0.3, -0.25) is 9.58 Å². The standard InChI is InChI=1S/C15H26N4/c1-3-19(12-7-8-12)10-9-16-14-5-4-6-15-13(14)11-17-18(15)2/h11-12,14,16H,3-10H2,1-2H3. The second kappa shape index (κ2) is 5.63. The van der Waals surface area contributed by atoms with Crippen molar-refractivity contribution in [3.05, 3.63) is 17.5 Å². The molecule has 0 aliphatic heterocycles. The fourth-order valence-electron chi connectivity index (χ4n) is 3.34. The number of aromatic nitrogens is 2. The third kappa shape index (κ3) is 2.84. The summed E-state index contributed by atoms with van der Waals surface area (Å²) in [5.41, 5.74) is 2.86. The summed E-state index contributed by atoms with van der Waals surface area (Å²) >= 11 is 0. The van der Waals surface area contributed by atoms with Gasteiger partial charge in [-0.15, -0.1) is 0 Å². The molecule has 1 heterocycles. The summed E-state index contributed by atoms with van der Waals surface area (Å²) in [6, 6.07) is 1.41. The molecule has 1 saturated carbocycles. The van der Waals surface area contributed by atoms with Crippen LogP contribution in [0.1, 0.15) is 49.9 Å². The van der Waals surface area contributed by atoms with E-state index in [1.807, 2.05) is 4.68 Å². The zero-order valence-electron chi connectivity index (χ0n) is 12.2. The van der Waals surface area contributed by atoms with Gasteiger partial charge in [0, 0.05) is 43.5 Å². The quantitative estimate of drug-likeness (QED) is 0.849. The number of nitrogens with zero attached hydrogens (tertiary/aromatic N) is 3. The van der Waals surface area contributed by atoms with Gasteiger partial charge in [-0.2, -0.15) is 5.10 Å². The Morgan fingerprint density at radius 1 is 1.42 bits per heavy atom. The van der Waals surface area contributed by atoms with Crippen LogP contribution in [-0.2, 0) is 13.5 Å². The number of hydrogen-bond donors (Lipinski definition) is 1. The predicted octanol–water partition coefficient (Wildman–Crippen LogP) is 1.87. The van der Waals surface area contributed by atoms with Crippen molar-refractivity contribution in [3.63, 3.8) is 0 Å². The number of aryl methyl sites for hydroxylation is 1. The van der Waals surface area contributed by atoms with Gasteiger partial charge in [-0.05, 0) is 38.6 Å². The van der Waals surface area contributed by atoms with Crippen LogP contribution < -0.4 is 5.32 Å². The van der Waals surface area contributed by atoms with Crippen LogP contribution in [0.4, 0.5) is 0 Å². The smallest absolute Gasteiger partial charge is 0.0540 e. The SMILES string of the molecule is CCN(CCNC1CCCc2c1cnn2C)C1CC1. The molecule has 19 heavy (non-hydrogen) atoms. The van der Waals surface area contributed by atoms with E-state index < -0.39 is 0 Å². The van der Waals surface area contributed by atoms with Gasteiger partial charge in [0.25, 0.3) is 0 Å². The molecule has 4 heteroatoms. The van der Waals surface area contributed by atoms with Crippen LogP contribution in [0.2, 0.25) is 0 Å². The first kappa shape index (κ1) is 13.1. The molecule has 1 unspecified atom stereocenters. The third-order valence-corrected chi connectivity index (χ3v) is 4.63. The molecule has 0 amide bonds. The zero-order valence-corrected chi connectivity index (χ0v) is 12.2. The minimum Gasteiger partial charge on any atom is -0.309 e. The van der Waals surface area contributed by atoms with Gasteiger partial charge < -0.3 is 5.32 Å². The van der Waals surface area contributed by atoms with E-state index in [4.69, 9.17) is 0 Å². The Labute approximate surface area is 116 Å². The highest BCUT2D eigenvalue weighted by atomic mass is 15.3. The molecule has 1 aromatic rings. The monoisotopic (exact) mass is 262 g/mol. The topological polar surface area (TPSA) is 33.1 Å². The molecule has 0 radical (unpaired) electrons. The van der Waals surface area contributed by atoms with Crippen LogP contribution in [-0.4, -0.2) is 40.4 Å². The van der Waals surface area contributed by atoms with Crippen molar-refractivity contribution >= 4 is 0 Å². The average Bonchev–Trinajstić information content (AvgIpc) is 3.20. The first-order chi connectivity index (χ1) is 9.29. The van der Waals surface area contributed by atoms with Crippen molar-refractivity contribution in [3.8, 4) is 0 Å². The van der Waals surface area contributed by atoms with Gasteiger partial charge >= 0.3 is 0 Å². The van der Waals surface area contributed by atoms with Gasteiger partial charge in [0.15, 0.2) is 0 Å². The highest BCUT2D eigenvalue weighted by Gasteiger charge is 2.28. The van der Waals surface area contributed by atoms with Crippen molar-refractivity contribution in [1.29, 1.82) is 0 Å². The van der Waals surface area contributed by atoms with Crippen LogP contribution in [0.15, 0.2) is 6.20 Å². The minimum absolute atomic E-state index is 0.523. The Bertz CT molecular complexity index is 422. The van der Waals surface area contributed by atoms with Crippen molar-refractivity contribution in [2.45, 2.75) is 51.1 Å². The molecule has 1 N–H and O–H groups in total. The van der Waals surface area contributed by atoms with Crippen LogP contribution in [0.5, 0.6) is 0 Å². The Morgan fingerprint density at radius 3 is 3.00 bits per heavy atom. The molecule has 0 bridgehead atoms. The van der Waals surface area contributed by atoms with Crippen molar-refractivity contribution in [2.75, 3.05) is 19.6 Å². The van der Waals surface area contributed by atoms with Crippen LogP contribution in [0.25, 0.3) is 0 Å². The lowest BCUT2D eigenvalue weighted by atomic mass is 9.93. The Morgan fingerprint density at radius 2 is 2.26 bits per heavy atom.